The lowest BCUT2D eigenvalue weighted by Gasteiger charge is -2.15. The van der Waals surface area contributed by atoms with Crippen molar-refractivity contribution in [1.82, 2.24) is 5.32 Å². The van der Waals surface area contributed by atoms with Crippen LogP contribution in [0.25, 0.3) is 0 Å². The number of benzene rings is 2. The first-order valence-electron chi connectivity index (χ1n) is 8.10. The Balaban J connectivity index is 1.70. The van der Waals surface area contributed by atoms with Crippen molar-refractivity contribution in [2.24, 2.45) is 0 Å². The fourth-order valence-electron chi connectivity index (χ4n) is 2.91. The minimum atomic E-state index is -0.0836. The van der Waals surface area contributed by atoms with Crippen LogP contribution in [-0.4, -0.2) is 11.9 Å². The average Bonchev–Trinajstić information content (AvgIpc) is 3.07. The zero-order valence-corrected chi connectivity index (χ0v) is 14.7. The number of amides is 1. The Morgan fingerprint density at radius 1 is 1.12 bits per heavy atom. The summed E-state index contributed by atoms with van der Waals surface area (Å²) < 4.78 is 5.84. The van der Waals surface area contributed by atoms with Crippen LogP contribution in [0.3, 0.4) is 0 Å². The monoisotopic (exact) mass is 363 g/mol. The molecule has 0 unspecified atom stereocenters. The smallest absolute Gasteiger partial charge is 0.255 e. The predicted octanol–water partition coefficient (Wildman–Crippen LogP) is 5.24. The third-order valence-corrected chi connectivity index (χ3v) is 4.81. The lowest BCUT2D eigenvalue weighted by molar-refractivity contribution is 0.0933. The Morgan fingerprint density at radius 3 is 2.62 bits per heavy atom. The number of carbonyl (C=O) groups excluding carboxylic acids is 1. The molecular formula is C19H19Cl2NO2. The van der Waals surface area contributed by atoms with E-state index in [-0.39, 0.29) is 18.6 Å². The molecule has 1 amide bonds. The topological polar surface area (TPSA) is 38.3 Å². The number of rotatable bonds is 5. The van der Waals surface area contributed by atoms with Gasteiger partial charge >= 0.3 is 0 Å². The average molecular weight is 364 g/mol. The molecule has 0 bridgehead atoms. The van der Waals surface area contributed by atoms with Gasteiger partial charge in [-0.05, 0) is 37.1 Å². The van der Waals surface area contributed by atoms with Crippen LogP contribution < -0.4 is 10.1 Å². The normalized spacial score (nSPS) is 14.6. The molecule has 0 spiro atoms. The van der Waals surface area contributed by atoms with Gasteiger partial charge in [0.1, 0.15) is 12.4 Å². The number of para-hydroxylation sites is 1. The summed E-state index contributed by atoms with van der Waals surface area (Å²) in [6.45, 7) is 0.281. The van der Waals surface area contributed by atoms with Gasteiger partial charge in [0.05, 0.1) is 5.56 Å². The van der Waals surface area contributed by atoms with Gasteiger partial charge in [0.2, 0.25) is 0 Å². The molecular weight excluding hydrogens is 345 g/mol. The Kier molecular flexibility index (Phi) is 5.64. The van der Waals surface area contributed by atoms with E-state index in [0.29, 0.717) is 21.4 Å². The highest BCUT2D eigenvalue weighted by Gasteiger charge is 2.20. The summed E-state index contributed by atoms with van der Waals surface area (Å²) in [6, 6.07) is 12.8. The molecule has 1 N–H and O–H groups in total. The van der Waals surface area contributed by atoms with E-state index in [2.05, 4.69) is 5.32 Å². The van der Waals surface area contributed by atoms with E-state index < -0.39 is 0 Å². The molecule has 1 fully saturated rings. The number of ether oxygens (including phenoxy) is 1. The molecule has 126 valence electrons. The number of hydrogen-bond donors (Lipinski definition) is 1. The summed E-state index contributed by atoms with van der Waals surface area (Å²) in [7, 11) is 0. The van der Waals surface area contributed by atoms with Gasteiger partial charge < -0.3 is 10.1 Å². The number of nitrogens with one attached hydrogen (secondary N) is 1. The van der Waals surface area contributed by atoms with Crippen molar-refractivity contribution in [3.05, 3.63) is 63.6 Å². The highest BCUT2D eigenvalue weighted by atomic mass is 35.5. The Bertz CT molecular complexity index is 727. The molecule has 1 aliphatic rings. The summed E-state index contributed by atoms with van der Waals surface area (Å²) in [5, 5.41) is 4.22. The van der Waals surface area contributed by atoms with Crippen molar-refractivity contribution >= 4 is 29.1 Å². The van der Waals surface area contributed by atoms with Gasteiger partial charge in [-0.2, -0.15) is 0 Å². The maximum absolute atomic E-state index is 12.5. The second-order valence-electron chi connectivity index (χ2n) is 5.98. The highest BCUT2D eigenvalue weighted by molar-refractivity contribution is 6.35. The van der Waals surface area contributed by atoms with E-state index in [9.17, 15) is 4.79 Å². The molecule has 5 heteroatoms. The third kappa shape index (κ3) is 4.22. The number of carbonyl (C=O) groups is 1. The van der Waals surface area contributed by atoms with E-state index in [4.69, 9.17) is 27.9 Å². The Morgan fingerprint density at radius 2 is 1.88 bits per heavy atom. The van der Waals surface area contributed by atoms with Crippen LogP contribution in [0.2, 0.25) is 10.0 Å². The van der Waals surface area contributed by atoms with Gasteiger partial charge in [0.15, 0.2) is 0 Å². The molecule has 0 saturated heterocycles. The van der Waals surface area contributed by atoms with Crippen molar-refractivity contribution in [3.63, 3.8) is 0 Å². The van der Waals surface area contributed by atoms with Gasteiger partial charge in [-0.1, -0.05) is 54.2 Å². The molecule has 24 heavy (non-hydrogen) atoms. The van der Waals surface area contributed by atoms with Crippen molar-refractivity contribution in [3.8, 4) is 5.75 Å². The van der Waals surface area contributed by atoms with Gasteiger partial charge in [-0.15, -0.1) is 0 Å². The van der Waals surface area contributed by atoms with Crippen LogP contribution in [0, 0.1) is 0 Å². The minimum absolute atomic E-state index is 0.0836. The molecule has 2 aromatic carbocycles. The molecule has 1 aliphatic carbocycles. The number of hydrogen-bond acceptors (Lipinski definition) is 2. The van der Waals surface area contributed by atoms with E-state index in [1.165, 1.54) is 12.8 Å². The SMILES string of the molecule is O=C(NC1CCCC1)c1ccccc1OCc1ccc(Cl)cc1Cl. The van der Waals surface area contributed by atoms with Crippen LogP contribution in [0.15, 0.2) is 42.5 Å². The standard InChI is InChI=1S/C19H19Cl2NO2/c20-14-10-9-13(17(21)11-14)12-24-18-8-4-3-7-16(18)19(23)22-15-5-1-2-6-15/h3-4,7-11,15H,1-2,5-6,12H2,(H,22,23). The van der Waals surface area contributed by atoms with Crippen molar-refractivity contribution in [1.29, 1.82) is 0 Å². The first kappa shape index (κ1) is 17.1. The number of halogens is 2. The zero-order chi connectivity index (χ0) is 16.9. The molecule has 0 heterocycles. The summed E-state index contributed by atoms with van der Waals surface area (Å²) in [4.78, 5) is 12.5. The molecule has 2 aromatic rings. The van der Waals surface area contributed by atoms with Crippen molar-refractivity contribution in [2.75, 3.05) is 0 Å². The largest absolute Gasteiger partial charge is 0.488 e. The Hall–Kier alpha value is -1.71. The van der Waals surface area contributed by atoms with Crippen molar-refractivity contribution in [2.45, 2.75) is 38.3 Å². The van der Waals surface area contributed by atoms with Crippen LogP contribution in [0.1, 0.15) is 41.6 Å². The fourth-order valence-corrected chi connectivity index (χ4v) is 3.37. The zero-order valence-electron chi connectivity index (χ0n) is 13.2. The molecule has 0 radical (unpaired) electrons. The summed E-state index contributed by atoms with van der Waals surface area (Å²) in [5.41, 5.74) is 1.38. The van der Waals surface area contributed by atoms with E-state index in [1.54, 1.807) is 24.3 Å². The maximum atomic E-state index is 12.5. The second kappa shape index (κ2) is 7.91. The van der Waals surface area contributed by atoms with E-state index >= 15 is 0 Å². The van der Waals surface area contributed by atoms with E-state index in [0.717, 1.165) is 18.4 Å². The highest BCUT2D eigenvalue weighted by Crippen LogP contribution is 2.25. The van der Waals surface area contributed by atoms with Crippen LogP contribution in [0.5, 0.6) is 5.75 Å². The van der Waals surface area contributed by atoms with Gasteiger partial charge in [0, 0.05) is 21.7 Å². The van der Waals surface area contributed by atoms with Gasteiger partial charge in [-0.25, -0.2) is 0 Å². The molecule has 0 aliphatic heterocycles. The minimum Gasteiger partial charge on any atom is -0.488 e. The maximum Gasteiger partial charge on any atom is 0.255 e. The quantitative estimate of drug-likeness (QED) is 0.788. The van der Waals surface area contributed by atoms with E-state index in [1.807, 2.05) is 18.2 Å². The van der Waals surface area contributed by atoms with Gasteiger partial charge in [-0.3, -0.25) is 4.79 Å². The molecule has 0 atom stereocenters. The van der Waals surface area contributed by atoms with Crippen LogP contribution in [0.4, 0.5) is 0 Å². The fraction of sp³-hybridized carbons (Fsp3) is 0.316. The lowest BCUT2D eigenvalue weighted by Crippen LogP contribution is -2.32. The van der Waals surface area contributed by atoms with Gasteiger partial charge in [0.25, 0.3) is 5.91 Å². The summed E-state index contributed by atoms with van der Waals surface area (Å²) >= 11 is 12.1. The summed E-state index contributed by atoms with van der Waals surface area (Å²) in [6.07, 6.45) is 4.46. The first-order chi connectivity index (χ1) is 11.6. The first-order valence-corrected chi connectivity index (χ1v) is 8.85. The van der Waals surface area contributed by atoms with Crippen LogP contribution in [-0.2, 0) is 6.61 Å². The van der Waals surface area contributed by atoms with Crippen LogP contribution >= 0.6 is 23.2 Å². The molecule has 1 saturated carbocycles. The lowest BCUT2D eigenvalue weighted by atomic mass is 10.1. The van der Waals surface area contributed by atoms with Crippen molar-refractivity contribution < 1.29 is 9.53 Å². The Labute approximate surface area is 151 Å². The molecule has 3 rings (SSSR count). The summed E-state index contributed by atoms with van der Waals surface area (Å²) in [5.74, 6) is 0.471. The molecule has 3 nitrogen and oxygen atoms in total. The molecule has 0 aromatic heterocycles. The predicted molar refractivity (Wildman–Crippen MR) is 97.0 cm³/mol. The second-order valence-corrected chi connectivity index (χ2v) is 6.82. The third-order valence-electron chi connectivity index (χ3n) is 4.22.